The van der Waals surface area contributed by atoms with Gasteiger partial charge in [0.05, 0.1) is 25.1 Å². The van der Waals surface area contributed by atoms with E-state index >= 15 is 0 Å². The number of likely N-dealkylation sites (tertiary alicyclic amines) is 1. The van der Waals surface area contributed by atoms with Crippen molar-refractivity contribution in [3.05, 3.63) is 113 Å². The van der Waals surface area contributed by atoms with Crippen molar-refractivity contribution in [3.8, 4) is 17.2 Å². The topological polar surface area (TPSA) is 103 Å². The van der Waals surface area contributed by atoms with Gasteiger partial charge >= 0.3 is 0 Å². The Hall–Kier alpha value is -5.05. The molecule has 2 atom stereocenters. The number of carbonyl (C=O) groups is 2. The molecule has 2 aliphatic heterocycles. The van der Waals surface area contributed by atoms with E-state index in [1.165, 1.54) is 4.90 Å². The Morgan fingerprint density at radius 2 is 1.88 bits per heavy atom. The van der Waals surface area contributed by atoms with Gasteiger partial charge in [0, 0.05) is 37.5 Å². The van der Waals surface area contributed by atoms with Crippen molar-refractivity contribution in [2.24, 2.45) is 0 Å². The SMILES string of the molecule is COc1cc([C@@H]2/C(=C(\O)c3ccc4c(c3)C[C@H](C)O4)C(=O)C(=O)N2CCCn2ccnc2)ccc1OCc1ccccc1. The number of methoxy groups -OCH3 is 1. The van der Waals surface area contributed by atoms with Crippen LogP contribution in [0.25, 0.3) is 5.76 Å². The van der Waals surface area contributed by atoms with Gasteiger partial charge in [0.25, 0.3) is 11.7 Å². The standard InChI is InChI=1S/C34H33N3O6/c1-22-17-26-18-25(10-11-27(26)43-22)32(38)30-31(37(34(40)33(30)39)15-6-14-36-16-13-35-21-36)24-9-12-28(29(19-24)41-2)42-20-23-7-4-3-5-8-23/h3-5,7-13,16,18-19,21-22,31,38H,6,14-15,17,20H2,1-2H3/b32-30+/t22-,31+/m0/s1. The third kappa shape index (κ3) is 5.70. The first-order valence-corrected chi connectivity index (χ1v) is 14.3. The highest BCUT2D eigenvalue weighted by Crippen LogP contribution is 2.43. The summed E-state index contributed by atoms with van der Waals surface area (Å²) in [6.45, 7) is 3.25. The molecule has 0 bridgehead atoms. The molecule has 1 fully saturated rings. The molecule has 0 unspecified atom stereocenters. The molecule has 0 radical (unpaired) electrons. The molecule has 0 aliphatic carbocycles. The zero-order valence-corrected chi connectivity index (χ0v) is 24.1. The van der Waals surface area contributed by atoms with Gasteiger partial charge in [0.1, 0.15) is 24.2 Å². The van der Waals surface area contributed by atoms with Crippen LogP contribution in [0.15, 0.2) is 91.0 Å². The Balaban J connectivity index is 1.36. The maximum absolute atomic E-state index is 13.6. The van der Waals surface area contributed by atoms with E-state index < -0.39 is 17.7 Å². The zero-order chi connectivity index (χ0) is 29.9. The number of imidazole rings is 1. The number of aliphatic hydroxyl groups excluding tert-OH is 1. The largest absolute Gasteiger partial charge is 0.507 e. The number of rotatable bonds is 10. The fourth-order valence-corrected chi connectivity index (χ4v) is 5.73. The van der Waals surface area contributed by atoms with E-state index in [4.69, 9.17) is 14.2 Å². The number of aryl methyl sites for hydroxylation is 1. The summed E-state index contributed by atoms with van der Waals surface area (Å²) in [5, 5.41) is 11.6. The zero-order valence-electron chi connectivity index (χ0n) is 24.1. The van der Waals surface area contributed by atoms with Gasteiger partial charge in [-0.1, -0.05) is 36.4 Å². The van der Waals surface area contributed by atoms with Gasteiger partial charge in [-0.25, -0.2) is 4.98 Å². The van der Waals surface area contributed by atoms with Crippen LogP contribution in [0.5, 0.6) is 17.2 Å². The van der Waals surface area contributed by atoms with E-state index in [-0.39, 0.29) is 17.4 Å². The summed E-state index contributed by atoms with van der Waals surface area (Å²) in [7, 11) is 1.55. The number of benzene rings is 3. The number of carbonyl (C=O) groups excluding carboxylic acids is 2. The second kappa shape index (κ2) is 12.1. The highest BCUT2D eigenvalue weighted by molar-refractivity contribution is 6.46. The number of aromatic nitrogens is 2. The third-order valence-corrected chi connectivity index (χ3v) is 7.82. The van der Waals surface area contributed by atoms with Crippen LogP contribution in [0.2, 0.25) is 0 Å². The van der Waals surface area contributed by atoms with Crippen molar-refractivity contribution < 1.29 is 28.9 Å². The fraction of sp³-hybridized carbons (Fsp3) is 0.265. The molecule has 2 aliphatic rings. The molecule has 1 saturated heterocycles. The number of Topliss-reactive ketones (excluding diaryl/α,β-unsaturated/α-hetero) is 1. The van der Waals surface area contributed by atoms with Gasteiger partial charge < -0.3 is 28.8 Å². The average Bonchev–Trinajstić information content (AvgIpc) is 3.74. The van der Waals surface area contributed by atoms with Crippen LogP contribution in [0.3, 0.4) is 0 Å². The van der Waals surface area contributed by atoms with Crippen molar-refractivity contribution in [2.45, 2.75) is 45.1 Å². The monoisotopic (exact) mass is 579 g/mol. The maximum Gasteiger partial charge on any atom is 0.295 e. The normalized spacial score (nSPS) is 18.9. The van der Waals surface area contributed by atoms with Gasteiger partial charge in [-0.3, -0.25) is 9.59 Å². The van der Waals surface area contributed by atoms with Gasteiger partial charge in [-0.2, -0.15) is 0 Å². The summed E-state index contributed by atoms with van der Waals surface area (Å²) < 4.78 is 19.5. The molecule has 4 aromatic rings. The highest BCUT2D eigenvalue weighted by Gasteiger charge is 2.46. The Labute approximate surface area is 250 Å². The Morgan fingerprint density at radius 3 is 2.65 bits per heavy atom. The molecule has 9 heteroatoms. The number of ether oxygens (including phenoxy) is 3. The van der Waals surface area contributed by atoms with E-state index in [9.17, 15) is 14.7 Å². The quantitative estimate of drug-likeness (QED) is 0.154. The minimum atomic E-state index is -0.816. The molecule has 6 rings (SSSR count). The fourth-order valence-electron chi connectivity index (χ4n) is 5.73. The molecule has 220 valence electrons. The lowest BCUT2D eigenvalue weighted by atomic mass is 9.94. The lowest BCUT2D eigenvalue weighted by molar-refractivity contribution is -0.139. The minimum absolute atomic E-state index is 0.0311. The average molecular weight is 580 g/mol. The lowest BCUT2D eigenvalue weighted by Crippen LogP contribution is -2.31. The minimum Gasteiger partial charge on any atom is -0.507 e. The predicted octanol–water partition coefficient (Wildman–Crippen LogP) is 5.31. The van der Waals surface area contributed by atoms with Gasteiger partial charge in [0.15, 0.2) is 11.5 Å². The first-order valence-electron chi connectivity index (χ1n) is 14.3. The Morgan fingerprint density at radius 1 is 1.05 bits per heavy atom. The first-order chi connectivity index (χ1) is 20.9. The lowest BCUT2D eigenvalue weighted by Gasteiger charge is -2.26. The smallest absolute Gasteiger partial charge is 0.295 e. The van der Waals surface area contributed by atoms with Crippen LogP contribution >= 0.6 is 0 Å². The highest BCUT2D eigenvalue weighted by atomic mass is 16.5. The summed E-state index contributed by atoms with van der Waals surface area (Å²) in [6.07, 6.45) is 6.57. The van der Waals surface area contributed by atoms with E-state index in [0.717, 1.165) is 16.9 Å². The molecular weight excluding hydrogens is 546 g/mol. The Bertz CT molecular complexity index is 1660. The van der Waals surface area contributed by atoms with Gasteiger partial charge in [-0.15, -0.1) is 0 Å². The summed E-state index contributed by atoms with van der Waals surface area (Å²) in [4.78, 5) is 32.6. The van der Waals surface area contributed by atoms with E-state index in [1.54, 1.807) is 43.9 Å². The molecular formula is C34H33N3O6. The molecule has 1 N–H and O–H groups in total. The molecule has 3 aromatic carbocycles. The number of ketones is 1. The summed E-state index contributed by atoms with van der Waals surface area (Å²) in [5.74, 6) is 0.154. The van der Waals surface area contributed by atoms with Crippen molar-refractivity contribution in [3.63, 3.8) is 0 Å². The van der Waals surface area contributed by atoms with E-state index in [0.29, 0.717) is 55.2 Å². The number of aliphatic hydroxyl groups is 1. The van der Waals surface area contributed by atoms with Crippen molar-refractivity contribution >= 4 is 17.4 Å². The Kier molecular flexibility index (Phi) is 7.87. The number of hydrogen-bond donors (Lipinski definition) is 1. The van der Waals surface area contributed by atoms with Crippen LogP contribution in [-0.2, 0) is 29.2 Å². The van der Waals surface area contributed by atoms with E-state index in [2.05, 4.69) is 4.98 Å². The maximum atomic E-state index is 13.6. The number of amides is 1. The molecule has 0 saturated carbocycles. The van der Waals surface area contributed by atoms with E-state index in [1.807, 2.05) is 60.2 Å². The third-order valence-electron chi connectivity index (χ3n) is 7.82. The summed E-state index contributed by atoms with van der Waals surface area (Å²) >= 11 is 0. The second-order valence-electron chi connectivity index (χ2n) is 10.8. The first kappa shape index (κ1) is 28.1. The molecule has 3 heterocycles. The molecule has 1 aromatic heterocycles. The summed E-state index contributed by atoms with van der Waals surface area (Å²) in [6, 6.07) is 19.7. The van der Waals surface area contributed by atoms with Crippen molar-refractivity contribution in [1.82, 2.24) is 14.5 Å². The number of hydrogen-bond acceptors (Lipinski definition) is 7. The molecule has 1 amide bonds. The summed E-state index contributed by atoms with van der Waals surface area (Å²) in [5.41, 5.74) is 3.09. The molecule has 0 spiro atoms. The van der Waals surface area contributed by atoms with Gasteiger partial charge in [0.2, 0.25) is 0 Å². The molecule has 9 nitrogen and oxygen atoms in total. The van der Waals surface area contributed by atoms with Crippen LogP contribution in [0.4, 0.5) is 0 Å². The second-order valence-corrected chi connectivity index (χ2v) is 10.8. The van der Waals surface area contributed by atoms with Crippen LogP contribution < -0.4 is 14.2 Å². The van der Waals surface area contributed by atoms with Crippen LogP contribution in [-0.4, -0.2) is 51.0 Å². The van der Waals surface area contributed by atoms with Crippen molar-refractivity contribution in [1.29, 1.82) is 0 Å². The van der Waals surface area contributed by atoms with Gasteiger partial charge in [-0.05, 0) is 60.4 Å². The van der Waals surface area contributed by atoms with Crippen LogP contribution in [0, 0.1) is 0 Å². The molecule has 43 heavy (non-hydrogen) atoms. The van der Waals surface area contributed by atoms with Crippen molar-refractivity contribution in [2.75, 3.05) is 13.7 Å². The van der Waals surface area contributed by atoms with Crippen LogP contribution in [0.1, 0.15) is 41.6 Å². The number of fused-ring (bicyclic) bond motifs is 1. The number of nitrogens with zero attached hydrogens (tertiary/aromatic N) is 3. The predicted molar refractivity (Wildman–Crippen MR) is 160 cm³/mol.